The minimum atomic E-state index is -1.33. The Morgan fingerprint density at radius 1 is 1.00 bits per heavy atom. The molecule has 4 atom stereocenters. The van der Waals surface area contributed by atoms with E-state index < -0.39 is 47.9 Å². The average Bonchev–Trinajstić information content (AvgIpc) is 3.46. The molecule has 42 heavy (non-hydrogen) atoms. The van der Waals surface area contributed by atoms with Gasteiger partial charge in [0.1, 0.15) is 23.9 Å². The molecule has 0 aliphatic carbocycles. The highest BCUT2D eigenvalue weighted by atomic mass is 32.2. The second-order valence-electron chi connectivity index (χ2n) is 9.53. The van der Waals surface area contributed by atoms with Gasteiger partial charge in [-0.2, -0.15) is 11.8 Å². The molecule has 3 amide bonds. The summed E-state index contributed by atoms with van der Waals surface area (Å²) in [5.74, 6) is -2.86. The van der Waals surface area contributed by atoms with E-state index in [-0.39, 0.29) is 37.5 Å². The van der Waals surface area contributed by atoms with Gasteiger partial charge in [0, 0.05) is 25.6 Å². The molecule has 0 radical (unpaired) electrons. The normalized spacial score (nSPS) is 13.7. The van der Waals surface area contributed by atoms with Gasteiger partial charge in [0.25, 0.3) is 0 Å². The van der Waals surface area contributed by atoms with Crippen LogP contribution in [0.25, 0.3) is 0 Å². The summed E-state index contributed by atoms with van der Waals surface area (Å²) in [7, 11) is 0. The molecule has 0 spiro atoms. The first-order valence-corrected chi connectivity index (χ1v) is 14.6. The minimum absolute atomic E-state index is 0.00786. The maximum Gasteiger partial charge on any atom is 0.326 e. The van der Waals surface area contributed by atoms with Crippen LogP contribution in [-0.2, 0) is 32.0 Å². The van der Waals surface area contributed by atoms with Crippen LogP contribution in [0, 0.1) is 5.41 Å². The first-order chi connectivity index (χ1) is 20.0. The summed E-state index contributed by atoms with van der Waals surface area (Å²) in [6, 6.07) is 1.48. The van der Waals surface area contributed by atoms with E-state index in [0.717, 1.165) is 0 Å². The predicted octanol–water partition coefficient (Wildman–Crippen LogP) is -1.22. The summed E-state index contributed by atoms with van der Waals surface area (Å²) < 4.78 is 0. The van der Waals surface area contributed by atoms with E-state index in [1.165, 1.54) is 36.4 Å². The van der Waals surface area contributed by atoms with Crippen LogP contribution >= 0.6 is 11.8 Å². The maximum absolute atomic E-state index is 13.5. The number of aromatic nitrogens is 2. The number of phenols is 1. The van der Waals surface area contributed by atoms with Gasteiger partial charge in [0.15, 0.2) is 5.96 Å². The minimum Gasteiger partial charge on any atom is -0.508 e. The van der Waals surface area contributed by atoms with Crippen LogP contribution in [0.1, 0.15) is 30.5 Å². The van der Waals surface area contributed by atoms with Gasteiger partial charge < -0.3 is 47.9 Å². The molecule has 2 aromatic rings. The second-order valence-corrected chi connectivity index (χ2v) is 10.5. The molecule has 12 N–H and O–H groups in total. The van der Waals surface area contributed by atoms with Gasteiger partial charge in [-0.25, -0.2) is 9.78 Å². The number of benzene rings is 1. The van der Waals surface area contributed by atoms with Crippen molar-refractivity contribution in [3.8, 4) is 5.75 Å². The number of carboxylic acid groups (broad SMARTS) is 1. The number of H-pyrrole nitrogens is 1. The number of aromatic hydroxyl groups is 1. The number of aliphatic carboxylic acids is 1. The van der Waals surface area contributed by atoms with Crippen molar-refractivity contribution in [2.24, 2.45) is 11.5 Å². The van der Waals surface area contributed by atoms with E-state index in [4.69, 9.17) is 16.9 Å². The quantitative estimate of drug-likeness (QED) is 0.0547. The summed E-state index contributed by atoms with van der Waals surface area (Å²) >= 11 is 1.53. The molecule has 0 unspecified atom stereocenters. The fraction of sp³-hybridized carbons (Fsp3) is 0.462. The zero-order chi connectivity index (χ0) is 31.1. The number of nitrogens with one attached hydrogen (secondary N) is 6. The van der Waals surface area contributed by atoms with E-state index in [9.17, 15) is 29.4 Å². The van der Waals surface area contributed by atoms with E-state index in [1.54, 1.807) is 12.1 Å². The number of nitrogens with two attached hydrogens (primary N) is 2. The summed E-state index contributed by atoms with van der Waals surface area (Å²) in [5, 5.41) is 37.0. The number of rotatable bonds is 18. The number of amides is 3. The van der Waals surface area contributed by atoms with Gasteiger partial charge in [0.2, 0.25) is 17.7 Å². The number of nitrogens with zero attached hydrogens (tertiary/aromatic N) is 1. The van der Waals surface area contributed by atoms with Crippen molar-refractivity contribution in [1.82, 2.24) is 31.2 Å². The van der Waals surface area contributed by atoms with Gasteiger partial charge in [-0.05, 0) is 49.0 Å². The number of phenolic OH excluding ortho intramolecular Hbond substituents is 1. The van der Waals surface area contributed by atoms with Crippen molar-refractivity contribution < 1.29 is 29.4 Å². The Balaban J connectivity index is 2.24. The van der Waals surface area contributed by atoms with Crippen molar-refractivity contribution in [3.05, 3.63) is 48.0 Å². The Bertz CT molecular complexity index is 1180. The average molecular weight is 606 g/mol. The maximum atomic E-state index is 13.5. The molecule has 15 nitrogen and oxygen atoms in total. The third-order valence-electron chi connectivity index (χ3n) is 6.18. The molecule has 230 valence electrons. The highest BCUT2D eigenvalue weighted by molar-refractivity contribution is 7.98. The Hall–Kier alpha value is -4.31. The lowest BCUT2D eigenvalue weighted by Gasteiger charge is -2.25. The van der Waals surface area contributed by atoms with Gasteiger partial charge in [0.05, 0.1) is 18.1 Å². The fourth-order valence-electron chi connectivity index (χ4n) is 3.89. The van der Waals surface area contributed by atoms with E-state index in [2.05, 4.69) is 31.2 Å². The monoisotopic (exact) mass is 605 g/mol. The zero-order valence-corrected chi connectivity index (χ0v) is 24.1. The Kier molecular flexibility index (Phi) is 14.1. The number of hydrogen-bond donors (Lipinski definition) is 10. The second kappa shape index (κ2) is 17.5. The number of hydrogen-bond acceptors (Lipinski definition) is 9. The smallest absolute Gasteiger partial charge is 0.326 e. The van der Waals surface area contributed by atoms with Crippen molar-refractivity contribution in [1.29, 1.82) is 5.41 Å². The summed E-state index contributed by atoms with van der Waals surface area (Å²) in [4.78, 5) is 58.2. The van der Waals surface area contributed by atoms with Crippen molar-refractivity contribution in [2.75, 3.05) is 18.6 Å². The van der Waals surface area contributed by atoms with Crippen LogP contribution < -0.4 is 32.7 Å². The number of carbonyl (C=O) groups is 4. The van der Waals surface area contributed by atoms with Crippen LogP contribution in [0.15, 0.2) is 36.8 Å². The molecule has 0 fully saturated rings. The number of guanidine groups is 1. The number of aromatic amines is 1. The van der Waals surface area contributed by atoms with Gasteiger partial charge in [-0.3, -0.25) is 19.8 Å². The Labute approximate surface area is 247 Å². The third-order valence-corrected chi connectivity index (χ3v) is 6.82. The highest BCUT2D eigenvalue weighted by Crippen LogP contribution is 2.12. The summed E-state index contributed by atoms with van der Waals surface area (Å²) in [5.41, 5.74) is 12.3. The first-order valence-electron chi connectivity index (χ1n) is 13.2. The van der Waals surface area contributed by atoms with E-state index >= 15 is 0 Å². The van der Waals surface area contributed by atoms with Crippen LogP contribution in [-0.4, -0.2) is 92.6 Å². The highest BCUT2D eigenvalue weighted by Gasteiger charge is 2.30. The SMILES string of the molecule is CSCC[C@H](N)C(=O)N[C@@H](CCCNC(=N)N)C(=O)N[C@@H](Cc1ccc(O)cc1)C(=O)N[C@@H](Cc1c[nH]cn1)C(=O)O. The zero-order valence-electron chi connectivity index (χ0n) is 23.3. The van der Waals surface area contributed by atoms with Crippen molar-refractivity contribution >= 4 is 41.4 Å². The summed E-state index contributed by atoms with van der Waals surface area (Å²) in [6.07, 6.45) is 5.52. The van der Waals surface area contributed by atoms with Crippen LogP contribution in [0.5, 0.6) is 5.75 Å². The molecular formula is C26H39N9O6S. The topological polar surface area (TPSA) is 261 Å². The molecule has 0 bridgehead atoms. The predicted molar refractivity (Wildman–Crippen MR) is 158 cm³/mol. The third kappa shape index (κ3) is 12.1. The number of thioether (sulfide) groups is 1. The molecule has 0 aliphatic heterocycles. The van der Waals surface area contributed by atoms with E-state index in [1.807, 2.05) is 6.26 Å². The molecule has 0 saturated carbocycles. The fourth-order valence-corrected chi connectivity index (χ4v) is 4.38. The number of imidazole rings is 1. The molecule has 2 rings (SSSR count). The van der Waals surface area contributed by atoms with Gasteiger partial charge in [-0.1, -0.05) is 12.1 Å². The lowest BCUT2D eigenvalue weighted by molar-refractivity contribution is -0.142. The molecule has 0 aliphatic rings. The Morgan fingerprint density at radius 3 is 2.24 bits per heavy atom. The van der Waals surface area contributed by atoms with E-state index in [0.29, 0.717) is 29.9 Å². The molecular weight excluding hydrogens is 566 g/mol. The lowest BCUT2D eigenvalue weighted by atomic mass is 10.0. The molecule has 1 aromatic heterocycles. The number of carboxylic acids is 1. The van der Waals surface area contributed by atoms with Crippen LogP contribution in [0.3, 0.4) is 0 Å². The van der Waals surface area contributed by atoms with Crippen LogP contribution in [0.2, 0.25) is 0 Å². The summed E-state index contributed by atoms with van der Waals surface area (Å²) in [6.45, 7) is 0.262. The Morgan fingerprint density at radius 2 is 1.64 bits per heavy atom. The molecule has 0 saturated heterocycles. The lowest BCUT2D eigenvalue weighted by Crippen LogP contribution is -2.58. The van der Waals surface area contributed by atoms with Gasteiger partial charge >= 0.3 is 5.97 Å². The molecule has 1 aromatic carbocycles. The van der Waals surface area contributed by atoms with Gasteiger partial charge in [-0.15, -0.1) is 0 Å². The van der Waals surface area contributed by atoms with Crippen molar-refractivity contribution in [3.63, 3.8) is 0 Å². The van der Waals surface area contributed by atoms with Crippen molar-refractivity contribution in [2.45, 2.75) is 56.3 Å². The molecule has 16 heteroatoms. The molecule has 1 heterocycles. The standard InChI is InChI=1S/C26H39N9O6S/c1-42-10-8-18(27)22(37)33-19(3-2-9-31-26(28)29)23(38)34-20(11-15-4-6-17(36)7-5-15)24(39)35-21(25(40)41)12-16-13-30-14-32-16/h4-7,13-14,18-21,36H,2-3,8-12,27H2,1H3,(H,30,32)(H,33,37)(H,34,38)(H,35,39)(H,40,41)(H4,28,29,31)/t18-,19-,20-,21-/m0/s1. The number of carbonyl (C=O) groups excluding carboxylic acids is 3. The largest absolute Gasteiger partial charge is 0.508 e. The first kappa shape index (κ1) is 33.9. The van der Waals surface area contributed by atoms with Crippen LogP contribution in [0.4, 0.5) is 0 Å².